The molecule has 1 aromatic rings. The minimum atomic E-state index is -0.0111. The second kappa shape index (κ2) is 5.28. The summed E-state index contributed by atoms with van der Waals surface area (Å²) in [7, 11) is 0. The maximum absolute atomic E-state index is 11.9. The average molecular weight is 285 g/mol. The molecular formula is C12H13ClN2O2S. The number of nitrogens with zero attached hydrogens (tertiary/aromatic N) is 2. The van der Waals surface area contributed by atoms with Crippen molar-refractivity contribution < 1.29 is 9.59 Å². The van der Waals surface area contributed by atoms with Crippen molar-refractivity contribution in [2.75, 3.05) is 11.4 Å². The summed E-state index contributed by atoms with van der Waals surface area (Å²) in [6.07, 6.45) is 2.03. The number of amides is 1. The van der Waals surface area contributed by atoms with Crippen LogP contribution < -0.4 is 4.90 Å². The van der Waals surface area contributed by atoms with Crippen molar-refractivity contribution >= 4 is 40.1 Å². The van der Waals surface area contributed by atoms with E-state index in [0.29, 0.717) is 23.8 Å². The van der Waals surface area contributed by atoms with E-state index in [0.717, 1.165) is 5.56 Å². The van der Waals surface area contributed by atoms with Crippen molar-refractivity contribution in [2.45, 2.75) is 25.5 Å². The molecule has 1 fully saturated rings. The number of hydrogen-bond donors (Lipinski definition) is 0. The summed E-state index contributed by atoms with van der Waals surface area (Å²) in [6.45, 7) is 3.92. The minimum absolute atomic E-state index is 0.00609. The zero-order valence-electron chi connectivity index (χ0n) is 10.1. The van der Waals surface area contributed by atoms with E-state index in [1.54, 1.807) is 11.1 Å². The van der Waals surface area contributed by atoms with Gasteiger partial charge in [0, 0.05) is 31.3 Å². The highest BCUT2D eigenvalue weighted by Crippen LogP contribution is 2.32. The van der Waals surface area contributed by atoms with Crippen LogP contribution in [-0.4, -0.2) is 27.8 Å². The first kappa shape index (κ1) is 13.4. The zero-order valence-corrected chi connectivity index (χ0v) is 11.7. The van der Waals surface area contributed by atoms with Crippen molar-refractivity contribution in [1.29, 1.82) is 0 Å². The van der Waals surface area contributed by atoms with E-state index >= 15 is 0 Å². The number of hydrogen-bond acceptors (Lipinski definition) is 4. The lowest BCUT2D eigenvalue weighted by atomic mass is 10.3. The lowest BCUT2D eigenvalue weighted by Gasteiger charge is -2.17. The molecule has 1 amide bonds. The zero-order chi connectivity index (χ0) is 13.3. The number of rotatable bonds is 2. The number of carbonyl (C=O) groups is 2. The van der Waals surface area contributed by atoms with Crippen molar-refractivity contribution in [3.63, 3.8) is 0 Å². The van der Waals surface area contributed by atoms with E-state index in [1.807, 2.05) is 13.0 Å². The van der Waals surface area contributed by atoms with E-state index in [-0.39, 0.29) is 16.3 Å². The summed E-state index contributed by atoms with van der Waals surface area (Å²) >= 11 is 7.23. The van der Waals surface area contributed by atoms with Gasteiger partial charge in [-0.15, -0.1) is 0 Å². The first-order valence-corrected chi connectivity index (χ1v) is 6.83. The Morgan fingerprint density at radius 2 is 2.33 bits per heavy atom. The van der Waals surface area contributed by atoms with Gasteiger partial charge in [-0.05, 0) is 18.6 Å². The number of aromatic nitrogens is 1. The highest BCUT2D eigenvalue weighted by molar-refractivity contribution is 8.14. The Morgan fingerprint density at radius 1 is 1.61 bits per heavy atom. The van der Waals surface area contributed by atoms with Crippen LogP contribution >= 0.6 is 23.4 Å². The second-order valence-electron chi connectivity index (χ2n) is 4.26. The number of thioether (sulfide) groups is 1. The molecule has 0 aliphatic carbocycles. The van der Waals surface area contributed by atoms with E-state index in [9.17, 15) is 9.59 Å². The van der Waals surface area contributed by atoms with Crippen LogP contribution in [0.2, 0.25) is 5.15 Å². The molecule has 6 heteroatoms. The predicted octanol–water partition coefficient (Wildman–Crippen LogP) is 2.43. The van der Waals surface area contributed by atoms with Crippen LogP contribution in [0.25, 0.3) is 0 Å². The summed E-state index contributed by atoms with van der Waals surface area (Å²) < 4.78 is 0. The number of pyridine rings is 1. The fourth-order valence-corrected chi connectivity index (χ4v) is 3.07. The Morgan fingerprint density at radius 3 is 3.00 bits per heavy atom. The number of halogens is 1. The molecule has 1 saturated heterocycles. The average Bonchev–Trinajstić information content (AvgIpc) is 2.62. The van der Waals surface area contributed by atoms with E-state index in [1.165, 1.54) is 18.7 Å². The summed E-state index contributed by atoms with van der Waals surface area (Å²) in [5.41, 5.74) is 1.58. The van der Waals surface area contributed by atoms with Crippen LogP contribution in [0.5, 0.6) is 0 Å². The molecule has 1 aliphatic rings. The molecule has 0 spiro atoms. The first-order valence-electron chi connectivity index (χ1n) is 5.57. The Bertz CT molecular complexity index is 507. The molecule has 96 valence electrons. The third-order valence-electron chi connectivity index (χ3n) is 2.67. The Hall–Kier alpha value is -1.07. The quantitative estimate of drug-likeness (QED) is 0.783. The van der Waals surface area contributed by atoms with Crippen molar-refractivity contribution in [3.05, 3.63) is 23.0 Å². The van der Waals surface area contributed by atoms with Crippen LogP contribution in [0.4, 0.5) is 5.69 Å². The second-order valence-corrected chi connectivity index (χ2v) is 6.10. The maximum Gasteiger partial charge on any atom is 0.228 e. The Labute approximate surface area is 115 Å². The maximum atomic E-state index is 11.9. The molecule has 4 nitrogen and oxygen atoms in total. The standard InChI is InChI=1S/C12H13ClN2O2S/c1-7-3-10(12(13)14-5-7)15-6-9(4-11(15)17)18-8(2)16/h3,5,9H,4,6H2,1-2H3. The minimum Gasteiger partial charge on any atom is -0.308 e. The Kier molecular flexibility index (Phi) is 3.92. The molecule has 0 aromatic carbocycles. The monoisotopic (exact) mass is 284 g/mol. The molecular weight excluding hydrogens is 272 g/mol. The van der Waals surface area contributed by atoms with Gasteiger partial charge in [0.15, 0.2) is 10.3 Å². The molecule has 1 aromatic heterocycles. The molecule has 0 bridgehead atoms. The van der Waals surface area contributed by atoms with Gasteiger partial charge in [-0.3, -0.25) is 9.59 Å². The molecule has 1 aliphatic heterocycles. The number of carbonyl (C=O) groups excluding carboxylic acids is 2. The molecule has 1 atom stereocenters. The SMILES string of the molecule is CC(=O)SC1CC(=O)N(c2cc(C)cnc2Cl)C1. The summed E-state index contributed by atoms with van der Waals surface area (Å²) in [6, 6.07) is 1.84. The van der Waals surface area contributed by atoms with E-state index in [4.69, 9.17) is 11.6 Å². The highest BCUT2D eigenvalue weighted by Gasteiger charge is 2.33. The Balaban J connectivity index is 2.21. The number of anilines is 1. The van der Waals surface area contributed by atoms with Gasteiger partial charge in [-0.1, -0.05) is 23.4 Å². The van der Waals surface area contributed by atoms with E-state index < -0.39 is 0 Å². The van der Waals surface area contributed by atoms with E-state index in [2.05, 4.69) is 4.98 Å². The molecule has 0 radical (unpaired) electrons. The largest absolute Gasteiger partial charge is 0.308 e. The van der Waals surface area contributed by atoms with Gasteiger partial charge in [0.05, 0.1) is 5.69 Å². The fraction of sp³-hybridized carbons (Fsp3) is 0.417. The molecule has 1 unspecified atom stereocenters. The molecule has 2 heterocycles. The van der Waals surface area contributed by atoms with Gasteiger partial charge in [-0.25, -0.2) is 4.98 Å². The molecule has 0 N–H and O–H groups in total. The van der Waals surface area contributed by atoms with Gasteiger partial charge in [0.25, 0.3) is 0 Å². The highest BCUT2D eigenvalue weighted by atomic mass is 35.5. The lowest BCUT2D eigenvalue weighted by molar-refractivity contribution is -0.117. The topological polar surface area (TPSA) is 50.3 Å². The van der Waals surface area contributed by atoms with Crippen LogP contribution in [-0.2, 0) is 9.59 Å². The molecule has 0 saturated carbocycles. The van der Waals surface area contributed by atoms with Gasteiger partial charge < -0.3 is 4.90 Å². The third-order valence-corrected chi connectivity index (χ3v) is 3.94. The molecule has 2 rings (SSSR count). The molecule has 18 heavy (non-hydrogen) atoms. The van der Waals surface area contributed by atoms with Gasteiger partial charge in [0.2, 0.25) is 5.91 Å². The number of aryl methyl sites for hydroxylation is 1. The van der Waals surface area contributed by atoms with Crippen molar-refractivity contribution in [3.8, 4) is 0 Å². The van der Waals surface area contributed by atoms with Crippen LogP contribution in [0.3, 0.4) is 0 Å². The summed E-state index contributed by atoms with van der Waals surface area (Å²) in [5, 5.41) is 0.358. The van der Waals surface area contributed by atoms with Gasteiger partial charge in [0.1, 0.15) is 0 Å². The van der Waals surface area contributed by atoms with Gasteiger partial charge in [-0.2, -0.15) is 0 Å². The fourth-order valence-electron chi connectivity index (χ4n) is 1.95. The summed E-state index contributed by atoms with van der Waals surface area (Å²) in [4.78, 5) is 28.7. The van der Waals surface area contributed by atoms with Gasteiger partial charge >= 0.3 is 0 Å². The van der Waals surface area contributed by atoms with Crippen molar-refractivity contribution in [2.24, 2.45) is 0 Å². The van der Waals surface area contributed by atoms with Crippen LogP contribution in [0.1, 0.15) is 18.9 Å². The predicted molar refractivity (Wildman–Crippen MR) is 73.0 cm³/mol. The normalized spacial score (nSPS) is 19.4. The van der Waals surface area contributed by atoms with Crippen LogP contribution in [0, 0.1) is 6.92 Å². The summed E-state index contributed by atoms with van der Waals surface area (Å²) in [5.74, 6) is -0.0111. The van der Waals surface area contributed by atoms with Crippen LogP contribution in [0.15, 0.2) is 12.3 Å². The lowest BCUT2D eigenvalue weighted by Crippen LogP contribution is -2.25. The third kappa shape index (κ3) is 2.84. The van der Waals surface area contributed by atoms with Crippen molar-refractivity contribution in [1.82, 2.24) is 4.98 Å². The smallest absolute Gasteiger partial charge is 0.228 e. The first-order chi connectivity index (χ1) is 8.47.